The normalized spacial score (nSPS) is 27.9. The van der Waals surface area contributed by atoms with E-state index in [4.69, 9.17) is 4.74 Å². The summed E-state index contributed by atoms with van der Waals surface area (Å²) in [5, 5.41) is 3.28. The molecule has 0 aromatic carbocycles. The zero-order chi connectivity index (χ0) is 11.4. The quantitative estimate of drug-likeness (QED) is 0.757. The summed E-state index contributed by atoms with van der Waals surface area (Å²) < 4.78 is 27.9. The minimum atomic E-state index is -2.85. The molecule has 0 amide bonds. The van der Waals surface area contributed by atoms with Crippen molar-refractivity contribution in [1.29, 1.82) is 0 Å². The summed E-state index contributed by atoms with van der Waals surface area (Å²) in [6.07, 6.45) is 2.10. The maximum Gasteiger partial charge on any atom is 0.151 e. The Hall–Kier alpha value is -0.130. The first kappa shape index (κ1) is 12.9. The molecule has 0 spiro atoms. The highest BCUT2D eigenvalue weighted by Gasteiger charge is 2.26. The van der Waals surface area contributed by atoms with Gasteiger partial charge in [0.25, 0.3) is 0 Å². The molecule has 1 fully saturated rings. The minimum absolute atomic E-state index is 0.0402. The molecule has 15 heavy (non-hydrogen) atoms. The summed E-state index contributed by atoms with van der Waals surface area (Å²) >= 11 is 0. The second-order valence-corrected chi connectivity index (χ2v) is 6.85. The highest BCUT2D eigenvalue weighted by atomic mass is 32.2. The van der Waals surface area contributed by atoms with Crippen molar-refractivity contribution < 1.29 is 13.2 Å². The van der Waals surface area contributed by atoms with Crippen LogP contribution in [0.25, 0.3) is 0 Å². The Morgan fingerprint density at radius 3 is 2.73 bits per heavy atom. The van der Waals surface area contributed by atoms with Crippen LogP contribution in [0.1, 0.15) is 26.7 Å². The molecule has 1 saturated heterocycles. The van der Waals surface area contributed by atoms with E-state index < -0.39 is 9.84 Å². The van der Waals surface area contributed by atoms with Crippen LogP contribution in [0, 0.1) is 0 Å². The van der Waals surface area contributed by atoms with Gasteiger partial charge in [-0.1, -0.05) is 6.92 Å². The number of sulfone groups is 1. The Balaban J connectivity index is 2.30. The van der Waals surface area contributed by atoms with E-state index in [2.05, 4.69) is 12.2 Å². The maximum atomic E-state index is 11.3. The molecular weight excluding hydrogens is 214 g/mol. The predicted octanol–water partition coefficient (Wildman–Crippen LogP) is 0.580. The van der Waals surface area contributed by atoms with Crippen LogP contribution in [0.4, 0.5) is 0 Å². The lowest BCUT2D eigenvalue weighted by Gasteiger charge is -2.34. The number of nitrogens with one attached hydrogen (secondary N) is 1. The number of ether oxygens (including phenoxy) is 1. The number of hydrogen-bond donors (Lipinski definition) is 1. The van der Waals surface area contributed by atoms with Gasteiger partial charge in [0, 0.05) is 24.4 Å². The standard InChI is InChI=1S/C10H21NO3S/c1-3-15(12,13)8-6-11-10(2)5-4-7-14-9-10/h11H,3-9H2,1-2H3. The lowest BCUT2D eigenvalue weighted by Crippen LogP contribution is -2.50. The zero-order valence-electron chi connectivity index (χ0n) is 9.58. The Kier molecular flexibility index (Phi) is 4.55. The van der Waals surface area contributed by atoms with E-state index in [0.29, 0.717) is 13.2 Å². The topological polar surface area (TPSA) is 55.4 Å². The summed E-state index contributed by atoms with van der Waals surface area (Å²) in [7, 11) is -2.85. The van der Waals surface area contributed by atoms with Crippen LogP contribution < -0.4 is 5.32 Å². The predicted molar refractivity (Wildman–Crippen MR) is 60.8 cm³/mol. The van der Waals surface area contributed by atoms with E-state index in [-0.39, 0.29) is 17.0 Å². The summed E-state index contributed by atoms with van der Waals surface area (Å²) in [4.78, 5) is 0. The van der Waals surface area contributed by atoms with Gasteiger partial charge >= 0.3 is 0 Å². The van der Waals surface area contributed by atoms with Crippen LogP contribution in [0.15, 0.2) is 0 Å². The third kappa shape index (κ3) is 4.49. The van der Waals surface area contributed by atoms with E-state index in [9.17, 15) is 8.42 Å². The van der Waals surface area contributed by atoms with Gasteiger partial charge in [0.2, 0.25) is 0 Å². The van der Waals surface area contributed by atoms with Gasteiger partial charge in [-0.2, -0.15) is 0 Å². The molecule has 0 aromatic heterocycles. The summed E-state index contributed by atoms with van der Waals surface area (Å²) in [5.74, 6) is 0.445. The fourth-order valence-corrected chi connectivity index (χ4v) is 2.43. The fraction of sp³-hybridized carbons (Fsp3) is 1.00. The minimum Gasteiger partial charge on any atom is -0.380 e. The first-order valence-corrected chi connectivity index (χ1v) is 7.33. The van der Waals surface area contributed by atoms with Crippen LogP contribution in [0.3, 0.4) is 0 Å². The van der Waals surface area contributed by atoms with Crippen molar-refractivity contribution in [2.45, 2.75) is 32.2 Å². The summed E-state index contributed by atoms with van der Waals surface area (Å²) in [5.41, 5.74) is -0.0402. The Morgan fingerprint density at radius 1 is 1.47 bits per heavy atom. The van der Waals surface area contributed by atoms with E-state index >= 15 is 0 Å². The van der Waals surface area contributed by atoms with E-state index in [1.807, 2.05) is 0 Å². The molecule has 0 bridgehead atoms. The van der Waals surface area contributed by atoms with Crippen molar-refractivity contribution in [2.24, 2.45) is 0 Å². The van der Waals surface area contributed by atoms with Gasteiger partial charge in [-0.25, -0.2) is 8.42 Å². The third-order valence-corrected chi connectivity index (χ3v) is 4.55. The first-order chi connectivity index (χ1) is 6.97. The summed E-state index contributed by atoms with van der Waals surface area (Å²) in [6, 6.07) is 0. The van der Waals surface area contributed by atoms with Crippen molar-refractivity contribution in [3.8, 4) is 0 Å². The molecular formula is C10H21NO3S. The molecule has 0 radical (unpaired) electrons. The van der Waals surface area contributed by atoms with Crippen molar-refractivity contribution in [2.75, 3.05) is 31.3 Å². The second-order valence-electron chi connectivity index (χ2n) is 4.38. The smallest absolute Gasteiger partial charge is 0.151 e. The average Bonchev–Trinajstić information content (AvgIpc) is 2.18. The van der Waals surface area contributed by atoms with E-state index in [1.165, 1.54) is 0 Å². The molecule has 1 rings (SSSR count). The van der Waals surface area contributed by atoms with Gasteiger partial charge in [0.05, 0.1) is 12.4 Å². The third-order valence-electron chi connectivity index (χ3n) is 2.84. The largest absolute Gasteiger partial charge is 0.380 e. The molecule has 0 aromatic rings. The van der Waals surface area contributed by atoms with Gasteiger partial charge in [-0.3, -0.25) is 0 Å². The monoisotopic (exact) mass is 235 g/mol. The van der Waals surface area contributed by atoms with Crippen molar-refractivity contribution in [3.63, 3.8) is 0 Å². The highest BCUT2D eigenvalue weighted by Crippen LogP contribution is 2.17. The van der Waals surface area contributed by atoms with Crippen LogP contribution in [0.5, 0.6) is 0 Å². The molecule has 90 valence electrons. The number of hydrogen-bond acceptors (Lipinski definition) is 4. The van der Waals surface area contributed by atoms with Gasteiger partial charge in [0.15, 0.2) is 9.84 Å². The lowest BCUT2D eigenvalue weighted by molar-refractivity contribution is 0.0295. The molecule has 1 aliphatic heterocycles. The van der Waals surface area contributed by atoms with Crippen LogP contribution >= 0.6 is 0 Å². The lowest BCUT2D eigenvalue weighted by atomic mass is 9.95. The summed E-state index contributed by atoms with van der Waals surface area (Å²) in [6.45, 7) is 5.80. The molecule has 0 saturated carbocycles. The molecule has 1 aliphatic rings. The van der Waals surface area contributed by atoms with Crippen LogP contribution in [0.2, 0.25) is 0 Å². The van der Waals surface area contributed by atoms with Crippen molar-refractivity contribution in [3.05, 3.63) is 0 Å². The Morgan fingerprint density at radius 2 is 2.20 bits per heavy atom. The number of rotatable bonds is 5. The Bertz CT molecular complexity index is 281. The van der Waals surface area contributed by atoms with Gasteiger partial charge < -0.3 is 10.1 Å². The Labute approximate surface area is 92.3 Å². The molecule has 4 nitrogen and oxygen atoms in total. The molecule has 1 N–H and O–H groups in total. The van der Waals surface area contributed by atoms with Gasteiger partial charge in [-0.15, -0.1) is 0 Å². The fourth-order valence-electron chi connectivity index (χ4n) is 1.73. The van der Waals surface area contributed by atoms with Gasteiger partial charge in [-0.05, 0) is 19.8 Å². The van der Waals surface area contributed by atoms with Crippen molar-refractivity contribution in [1.82, 2.24) is 5.32 Å². The molecule has 1 heterocycles. The molecule has 1 atom stereocenters. The second kappa shape index (κ2) is 5.27. The average molecular weight is 235 g/mol. The van der Waals surface area contributed by atoms with E-state index in [1.54, 1.807) is 6.92 Å². The maximum absolute atomic E-state index is 11.3. The zero-order valence-corrected chi connectivity index (χ0v) is 10.4. The van der Waals surface area contributed by atoms with Gasteiger partial charge in [0.1, 0.15) is 0 Å². The molecule has 5 heteroatoms. The molecule has 0 aliphatic carbocycles. The SMILES string of the molecule is CCS(=O)(=O)CCNC1(C)CCCOC1. The first-order valence-electron chi connectivity index (χ1n) is 5.51. The molecule has 1 unspecified atom stereocenters. The highest BCUT2D eigenvalue weighted by molar-refractivity contribution is 7.91. The van der Waals surface area contributed by atoms with E-state index in [0.717, 1.165) is 19.4 Å². The van der Waals surface area contributed by atoms with Crippen LogP contribution in [-0.2, 0) is 14.6 Å². The van der Waals surface area contributed by atoms with Crippen LogP contribution in [-0.4, -0.2) is 45.2 Å². The van der Waals surface area contributed by atoms with Crippen molar-refractivity contribution >= 4 is 9.84 Å².